The van der Waals surface area contributed by atoms with Gasteiger partial charge in [-0.3, -0.25) is 14.6 Å². The molecule has 6 heteroatoms. The van der Waals surface area contributed by atoms with Gasteiger partial charge in [0.2, 0.25) is 11.8 Å². The second kappa shape index (κ2) is 9.06. The highest BCUT2D eigenvalue weighted by Gasteiger charge is 2.65. The monoisotopic (exact) mass is 502 g/mol. The van der Waals surface area contributed by atoms with E-state index in [0.29, 0.717) is 22.5 Å². The molecule has 2 amide bonds. The lowest BCUT2D eigenvalue weighted by Crippen LogP contribution is -2.48. The number of pyridine rings is 1. The van der Waals surface area contributed by atoms with E-state index in [1.807, 2.05) is 91.0 Å². The minimum atomic E-state index is -1.30. The van der Waals surface area contributed by atoms with Crippen LogP contribution in [0.5, 0.6) is 0 Å². The molecule has 3 aromatic carbocycles. The number of benzene rings is 3. The first-order valence-electron chi connectivity index (χ1n) is 12.7. The molecule has 6 nitrogen and oxygen atoms in total. The van der Waals surface area contributed by atoms with Crippen LogP contribution in [0.4, 0.5) is 5.69 Å². The Morgan fingerprint density at radius 2 is 1.63 bits per heavy atom. The van der Waals surface area contributed by atoms with Crippen LogP contribution < -0.4 is 4.90 Å². The number of hydrogen-bond acceptors (Lipinski definition) is 5. The zero-order valence-corrected chi connectivity index (χ0v) is 21.1. The van der Waals surface area contributed by atoms with Gasteiger partial charge in [0.25, 0.3) is 0 Å². The van der Waals surface area contributed by atoms with Gasteiger partial charge < -0.3 is 4.74 Å². The van der Waals surface area contributed by atoms with Crippen LogP contribution in [-0.4, -0.2) is 29.4 Å². The van der Waals surface area contributed by atoms with Gasteiger partial charge >= 0.3 is 5.97 Å². The molecule has 2 aliphatic rings. The average molecular weight is 503 g/mol. The molecule has 38 heavy (non-hydrogen) atoms. The maximum Gasteiger partial charge on any atom is 0.334 e. The second-order valence-electron chi connectivity index (χ2n) is 9.64. The Kier molecular flexibility index (Phi) is 5.68. The molecule has 1 aliphatic carbocycles. The van der Waals surface area contributed by atoms with Crippen molar-refractivity contribution in [2.75, 3.05) is 11.5 Å². The van der Waals surface area contributed by atoms with E-state index in [1.54, 1.807) is 13.0 Å². The molecule has 2 heterocycles. The number of carbonyl (C=O) groups excluding carboxylic acids is 3. The molecule has 1 aromatic heterocycles. The molecule has 4 aromatic rings. The van der Waals surface area contributed by atoms with Crippen LogP contribution in [0.1, 0.15) is 42.5 Å². The summed E-state index contributed by atoms with van der Waals surface area (Å²) in [5.74, 6) is -2.53. The first kappa shape index (κ1) is 23.8. The van der Waals surface area contributed by atoms with Crippen LogP contribution in [0.15, 0.2) is 103 Å². The van der Waals surface area contributed by atoms with Gasteiger partial charge in [-0.05, 0) is 36.2 Å². The highest BCUT2D eigenvalue weighted by molar-refractivity contribution is 6.24. The Bertz CT molecular complexity index is 1630. The summed E-state index contributed by atoms with van der Waals surface area (Å²) >= 11 is 0. The summed E-state index contributed by atoms with van der Waals surface area (Å²) < 4.78 is 5.52. The lowest BCUT2D eigenvalue weighted by Gasteiger charge is -2.37. The third-order valence-electron chi connectivity index (χ3n) is 7.65. The zero-order chi connectivity index (χ0) is 26.4. The van der Waals surface area contributed by atoms with Crippen LogP contribution >= 0.6 is 0 Å². The van der Waals surface area contributed by atoms with Gasteiger partial charge in [-0.15, -0.1) is 0 Å². The van der Waals surface area contributed by atoms with Gasteiger partial charge in [0.05, 0.1) is 34.8 Å². The van der Waals surface area contributed by atoms with Gasteiger partial charge in [-0.1, -0.05) is 78.9 Å². The molecule has 0 saturated carbocycles. The summed E-state index contributed by atoms with van der Waals surface area (Å²) in [6, 6.07) is 28.6. The van der Waals surface area contributed by atoms with Gasteiger partial charge in [0, 0.05) is 23.8 Å². The Labute approximate surface area is 220 Å². The number of aromatic nitrogens is 1. The van der Waals surface area contributed by atoms with Gasteiger partial charge in [0.1, 0.15) is 0 Å². The standard InChI is InChI=1S/C32H26N2O4/c1-3-38-30(36)23-19-25(21-11-5-4-6-12-21)32(24-14-8-10-16-28(24)34(20(2)35)31(32)37)29(23)27-18-17-22-13-7-9-15-26(22)33-27/h4-19,25,29H,3H2,1-2H3. The number of fused-ring (bicyclic) bond motifs is 3. The molecule has 0 bridgehead atoms. The van der Waals surface area contributed by atoms with E-state index in [4.69, 9.17) is 9.72 Å². The first-order chi connectivity index (χ1) is 18.5. The Hall–Kier alpha value is -4.58. The van der Waals surface area contributed by atoms with Crippen molar-refractivity contribution < 1.29 is 19.1 Å². The Morgan fingerprint density at radius 1 is 0.921 bits per heavy atom. The van der Waals surface area contributed by atoms with Crippen molar-refractivity contribution in [3.63, 3.8) is 0 Å². The summed E-state index contributed by atoms with van der Waals surface area (Å²) in [7, 11) is 0. The fourth-order valence-corrected chi connectivity index (χ4v) is 6.21. The van der Waals surface area contributed by atoms with Crippen molar-refractivity contribution in [3.8, 4) is 0 Å². The number of imide groups is 1. The summed E-state index contributed by atoms with van der Waals surface area (Å²) in [6.45, 7) is 3.35. The maximum absolute atomic E-state index is 14.7. The number of esters is 1. The van der Waals surface area contributed by atoms with Crippen molar-refractivity contribution in [1.82, 2.24) is 4.98 Å². The molecule has 188 valence electrons. The van der Waals surface area contributed by atoms with E-state index in [1.165, 1.54) is 11.8 Å². The predicted molar refractivity (Wildman–Crippen MR) is 145 cm³/mol. The van der Waals surface area contributed by atoms with Crippen LogP contribution in [-0.2, 0) is 24.5 Å². The van der Waals surface area contributed by atoms with Crippen molar-refractivity contribution in [2.45, 2.75) is 31.1 Å². The number of amides is 2. The highest BCUT2D eigenvalue weighted by atomic mass is 16.5. The molecule has 1 aliphatic heterocycles. The fraction of sp³-hybridized carbons (Fsp3) is 0.188. The SMILES string of the molecule is CCOC(=O)C1=CC(c2ccccc2)C2(C(=O)N(C(C)=O)c3ccccc32)C1c1ccc2ccccc2n1. The molecule has 0 radical (unpaired) electrons. The van der Waals surface area contributed by atoms with E-state index in [2.05, 4.69) is 0 Å². The van der Waals surface area contributed by atoms with Crippen molar-refractivity contribution in [1.29, 1.82) is 0 Å². The van der Waals surface area contributed by atoms with Gasteiger partial charge in [0.15, 0.2) is 0 Å². The molecule has 0 saturated heterocycles. The number of anilines is 1. The Balaban J connectivity index is 1.70. The van der Waals surface area contributed by atoms with E-state index in [-0.39, 0.29) is 18.4 Å². The summed E-state index contributed by atoms with van der Waals surface area (Å²) in [5.41, 5.74) is 2.51. The van der Waals surface area contributed by atoms with Crippen LogP contribution in [0.3, 0.4) is 0 Å². The number of allylic oxidation sites excluding steroid dienone is 1. The van der Waals surface area contributed by atoms with Crippen molar-refractivity contribution >= 4 is 34.4 Å². The molecule has 6 rings (SSSR count). The Morgan fingerprint density at radius 3 is 2.39 bits per heavy atom. The lowest BCUT2D eigenvalue weighted by molar-refractivity contribution is -0.138. The molecular weight excluding hydrogens is 476 g/mol. The first-order valence-corrected chi connectivity index (χ1v) is 12.7. The average Bonchev–Trinajstić information content (AvgIpc) is 3.43. The van der Waals surface area contributed by atoms with Crippen LogP contribution in [0.2, 0.25) is 0 Å². The summed E-state index contributed by atoms with van der Waals surface area (Å²) in [6.07, 6.45) is 1.85. The lowest BCUT2D eigenvalue weighted by atomic mass is 9.63. The van der Waals surface area contributed by atoms with Crippen molar-refractivity contribution in [3.05, 3.63) is 119 Å². The normalized spacial score (nSPS) is 22.0. The number of hydrogen-bond donors (Lipinski definition) is 0. The third kappa shape index (κ3) is 3.33. The molecular formula is C32H26N2O4. The number of rotatable bonds is 4. The van der Waals surface area contributed by atoms with E-state index < -0.39 is 23.2 Å². The maximum atomic E-state index is 14.7. The number of carbonyl (C=O) groups is 3. The van der Waals surface area contributed by atoms with Crippen LogP contribution in [0.25, 0.3) is 10.9 Å². The van der Waals surface area contributed by atoms with Crippen LogP contribution in [0, 0.1) is 0 Å². The topological polar surface area (TPSA) is 76.6 Å². The zero-order valence-electron chi connectivity index (χ0n) is 21.1. The molecule has 0 N–H and O–H groups in total. The van der Waals surface area contributed by atoms with E-state index >= 15 is 0 Å². The number of nitrogens with zero attached hydrogens (tertiary/aromatic N) is 2. The minimum absolute atomic E-state index is 0.196. The van der Waals surface area contributed by atoms with Gasteiger partial charge in [-0.2, -0.15) is 0 Å². The molecule has 3 unspecified atom stereocenters. The smallest absolute Gasteiger partial charge is 0.334 e. The summed E-state index contributed by atoms with van der Waals surface area (Å²) in [5, 5.41) is 0.952. The second-order valence-corrected chi connectivity index (χ2v) is 9.64. The quantitative estimate of drug-likeness (QED) is 0.348. The largest absolute Gasteiger partial charge is 0.463 e. The number of ether oxygens (including phenoxy) is 1. The van der Waals surface area contributed by atoms with Crippen molar-refractivity contribution in [2.24, 2.45) is 0 Å². The highest BCUT2D eigenvalue weighted by Crippen LogP contribution is 2.63. The van der Waals surface area contributed by atoms with E-state index in [9.17, 15) is 14.4 Å². The van der Waals surface area contributed by atoms with Gasteiger partial charge in [-0.25, -0.2) is 9.69 Å². The minimum Gasteiger partial charge on any atom is -0.463 e. The molecule has 0 fully saturated rings. The van der Waals surface area contributed by atoms with E-state index in [0.717, 1.165) is 16.5 Å². The third-order valence-corrected chi connectivity index (χ3v) is 7.65. The fourth-order valence-electron chi connectivity index (χ4n) is 6.21. The number of para-hydroxylation sites is 2. The summed E-state index contributed by atoms with van der Waals surface area (Å²) in [4.78, 5) is 47.4. The predicted octanol–water partition coefficient (Wildman–Crippen LogP) is 5.44. The molecule has 1 spiro atoms. The molecule has 3 atom stereocenters.